The number of aromatic nitrogens is 2. The van der Waals surface area contributed by atoms with Crippen molar-refractivity contribution in [3.63, 3.8) is 0 Å². The van der Waals surface area contributed by atoms with Crippen LogP contribution in [0.1, 0.15) is 22.3 Å². The van der Waals surface area contributed by atoms with Crippen LogP contribution in [0.5, 0.6) is 0 Å². The molecule has 4 heteroatoms. The maximum Gasteiger partial charge on any atom is 0.161 e. The standard InChI is InChI=1S/C38H28N2OS/c1-21-5-11-25(12-6-21)39-31-20-30-32(19-29(31)37-35(39)27-15-9-23(3)17-33(27)41-37)40(26-13-7-22(2)8-14-26)36-28-16-10-24(4)18-34(28)42-38(30)36/h5-20H,1-4H3. The van der Waals surface area contributed by atoms with E-state index in [4.69, 9.17) is 4.42 Å². The zero-order valence-electron chi connectivity index (χ0n) is 23.9. The van der Waals surface area contributed by atoms with Crippen molar-refractivity contribution in [2.75, 3.05) is 0 Å². The predicted molar refractivity (Wildman–Crippen MR) is 179 cm³/mol. The van der Waals surface area contributed by atoms with E-state index in [1.807, 2.05) is 11.3 Å². The molecule has 0 saturated carbocycles. The van der Waals surface area contributed by atoms with Crippen molar-refractivity contribution >= 4 is 75.5 Å². The molecular weight excluding hydrogens is 532 g/mol. The number of furan rings is 1. The zero-order chi connectivity index (χ0) is 28.3. The molecule has 0 aliphatic rings. The quantitative estimate of drug-likeness (QED) is 0.206. The van der Waals surface area contributed by atoms with Gasteiger partial charge in [-0.25, -0.2) is 0 Å². The highest BCUT2D eigenvalue weighted by atomic mass is 32.1. The fourth-order valence-electron chi connectivity index (χ4n) is 6.67. The third kappa shape index (κ3) is 3.21. The maximum atomic E-state index is 6.69. The molecule has 9 rings (SSSR count). The van der Waals surface area contributed by atoms with Crippen LogP contribution in [0.25, 0.3) is 75.6 Å². The van der Waals surface area contributed by atoms with Crippen LogP contribution in [-0.2, 0) is 0 Å². The van der Waals surface area contributed by atoms with Crippen molar-refractivity contribution in [3.8, 4) is 11.4 Å². The Balaban J connectivity index is 1.50. The first-order chi connectivity index (χ1) is 20.4. The Kier molecular flexibility index (Phi) is 4.76. The minimum absolute atomic E-state index is 0.930. The minimum Gasteiger partial charge on any atom is -0.454 e. The highest BCUT2D eigenvalue weighted by Gasteiger charge is 2.24. The number of benzene rings is 5. The number of nitrogens with zero attached hydrogens (tertiary/aromatic N) is 2. The first-order valence-electron chi connectivity index (χ1n) is 14.4. The van der Waals surface area contributed by atoms with Crippen molar-refractivity contribution in [1.29, 1.82) is 0 Å². The third-order valence-corrected chi connectivity index (χ3v) is 9.93. The van der Waals surface area contributed by atoms with E-state index in [1.54, 1.807) is 0 Å². The summed E-state index contributed by atoms with van der Waals surface area (Å²) in [7, 11) is 0. The lowest BCUT2D eigenvalue weighted by Crippen LogP contribution is -1.95. The molecule has 0 N–H and O–H groups in total. The molecule has 3 nitrogen and oxygen atoms in total. The van der Waals surface area contributed by atoms with Gasteiger partial charge in [0.05, 0.1) is 21.3 Å². The van der Waals surface area contributed by atoms with Crippen molar-refractivity contribution in [3.05, 3.63) is 119 Å². The van der Waals surface area contributed by atoms with E-state index in [-0.39, 0.29) is 0 Å². The van der Waals surface area contributed by atoms with Gasteiger partial charge in [-0.05, 0) is 93.4 Å². The Hall–Kier alpha value is -4.80. The number of thiophene rings is 1. The molecular formula is C38H28N2OS. The van der Waals surface area contributed by atoms with E-state index in [2.05, 4.69) is 134 Å². The van der Waals surface area contributed by atoms with Gasteiger partial charge in [-0.1, -0.05) is 53.6 Å². The topological polar surface area (TPSA) is 23.0 Å². The molecule has 4 heterocycles. The van der Waals surface area contributed by atoms with Crippen molar-refractivity contribution < 1.29 is 4.42 Å². The van der Waals surface area contributed by atoms with Gasteiger partial charge in [0.15, 0.2) is 5.58 Å². The number of rotatable bonds is 2. The Labute approximate surface area is 246 Å². The maximum absolute atomic E-state index is 6.69. The summed E-state index contributed by atoms with van der Waals surface area (Å²) in [6.07, 6.45) is 0. The summed E-state index contributed by atoms with van der Waals surface area (Å²) < 4.78 is 14.2. The van der Waals surface area contributed by atoms with Gasteiger partial charge in [0.1, 0.15) is 11.1 Å². The number of hydrogen-bond acceptors (Lipinski definition) is 2. The lowest BCUT2D eigenvalue weighted by molar-refractivity contribution is 0.672. The lowest BCUT2D eigenvalue weighted by Gasteiger charge is -2.10. The zero-order valence-corrected chi connectivity index (χ0v) is 24.8. The van der Waals surface area contributed by atoms with Crippen LogP contribution in [0.3, 0.4) is 0 Å². The fourth-order valence-corrected chi connectivity index (χ4v) is 7.98. The normalized spacial score (nSPS) is 12.3. The van der Waals surface area contributed by atoms with Gasteiger partial charge in [-0.3, -0.25) is 0 Å². The second kappa shape index (κ2) is 8.37. The van der Waals surface area contributed by atoms with Crippen LogP contribution in [0.4, 0.5) is 0 Å². The molecule has 202 valence electrons. The van der Waals surface area contributed by atoms with Gasteiger partial charge >= 0.3 is 0 Å². The summed E-state index contributed by atoms with van der Waals surface area (Å²) in [6, 6.07) is 35.9. The molecule has 5 aromatic carbocycles. The Bertz CT molecular complexity index is 2350. The Morgan fingerprint density at radius 3 is 1.74 bits per heavy atom. The second-order valence-corrected chi connectivity index (χ2v) is 12.8. The van der Waals surface area contributed by atoms with Crippen LogP contribution >= 0.6 is 11.3 Å². The molecule has 0 unspecified atom stereocenters. The van der Waals surface area contributed by atoms with E-state index in [9.17, 15) is 0 Å². The SMILES string of the molecule is Cc1ccc(-n2c3cc4c5sc6cc(C)ccc6c5n(-c5ccc(C)cc5)c4cc3c3oc4cc(C)ccc4c32)cc1. The molecule has 0 radical (unpaired) electrons. The summed E-state index contributed by atoms with van der Waals surface area (Å²) in [6.45, 7) is 8.58. The Morgan fingerprint density at radius 1 is 0.500 bits per heavy atom. The average Bonchev–Trinajstić information content (AvgIpc) is 3.69. The fraction of sp³-hybridized carbons (Fsp3) is 0.105. The lowest BCUT2D eigenvalue weighted by atomic mass is 10.1. The molecule has 0 bridgehead atoms. The molecule has 42 heavy (non-hydrogen) atoms. The van der Waals surface area contributed by atoms with Crippen LogP contribution in [0.2, 0.25) is 0 Å². The minimum atomic E-state index is 0.930. The summed E-state index contributed by atoms with van der Waals surface area (Å²) in [4.78, 5) is 0. The molecule has 9 aromatic rings. The molecule has 4 aromatic heterocycles. The molecule has 0 aliphatic heterocycles. The van der Waals surface area contributed by atoms with Crippen LogP contribution < -0.4 is 0 Å². The molecule has 0 spiro atoms. The highest BCUT2D eigenvalue weighted by molar-refractivity contribution is 7.26. The van der Waals surface area contributed by atoms with Gasteiger partial charge in [-0.15, -0.1) is 11.3 Å². The summed E-state index contributed by atoms with van der Waals surface area (Å²) >= 11 is 1.90. The molecule has 0 atom stereocenters. The van der Waals surface area contributed by atoms with E-state index >= 15 is 0 Å². The summed E-state index contributed by atoms with van der Waals surface area (Å²) in [5.41, 5.74) is 14.0. The van der Waals surface area contributed by atoms with E-state index in [0.717, 1.165) is 33.1 Å². The average molecular weight is 561 g/mol. The van der Waals surface area contributed by atoms with Crippen LogP contribution in [0, 0.1) is 27.7 Å². The largest absolute Gasteiger partial charge is 0.454 e. The van der Waals surface area contributed by atoms with E-state index in [1.165, 1.54) is 64.7 Å². The first kappa shape index (κ1) is 23.9. The smallest absolute Gasteiger partial charge is 0.161 e. The molecule has 0 amide bonds. The number of hydrogen-bond donors (Lipinski definition) is 0. The third-order valence-electron chi connectivity index (χ3n) is 8.76. The van der Waals surface area contributed by atoms with Crippen LogP contribution in [-0.4, -0.2) is 9.13 Å². The Morgan fingerprint density at radius 2 is 1.05 bits per heavy atom. The van der Waals surface area contributed by atoms with Gasteiger partial charge in [0, 0.05) is 37.6 Å². The summed E-state index contributed by atoms with van der Waals surface area (Å²) in [5, 5.41) is 4.84. The van der Waals surface area contributed by atoms with Gasteiger partial charge in [-0.2, -0.15) is 0 Å². The monoisotopic (exact) mass is 560 g/mol. The second-order valence-electron chi connectivity index (χ2n) is 11.8. The van der Waals surface area contributed by atoms with Gasteiger partial charge < -0.3 is 13.6 Å². The first-order valence-corrected chi connectivity index (χ1v) is 15.2. The molecule has 0 fully saturated rings. The van der Waals surface area contributed by atoms with Crippen molar-refractivity contribution in [1.82, 2.24) is 9.13 Å². The van der Waals surface area contributed by atoms with Crippen LogP contribution in [0.15, 0.2) is 101 Å². The van der Waals surface area contributed by atoms with Gasteiger partial charge in [0.25, 0.3) is 0 Å². The number of aryl methyl sites for hydroxylation is 4. The predicted octanol–water partition coefficient (Wildman–Crippen LogP) is 11.1. The molecule has 0 aliphatic carbocycles. The highest BCUT2D eigenvalue weighted by Crippen LogP contribution is 2.46. The molecule has 0 saturated heterocycles. The van der Waals surface area contributed by atoms with Crippen molar-refractivity contribution in [2.45, 2.75) is 27.7 Å². The summed E-state index contributed by atoms with van der Waals surface area (Å²) in [5.74, 6) is 0. The number of fused-ring (bicyclic) bond motifs is 10. The van der Waals surface area contributed by atoms with Crippen molar-refractivity contribution in [2.24, 2.45) is 0 Å². The van der Waals surface area contributed by atoms with E-state index < -0.39 is 0 Å². The van der Waals surface area contributed by atoms with E-state index in [0.29, 0.717) is 0 Å². The van der Waals surface area contributed by atoms with Gasteiger partial charge in [0.2, 0.25) is 0 Å².